The highest BCUT2D eigenvalue weighted by molar-refractivity contribution is 7.89. The summed E-state index contributed by atoms with van der Waals surface area (Å²) in [4.78, 5) is 3.79. The summed E-state index contributed by atoms with van der Waals surface area (Å²) in [6.45, 7) is 4.40. The lowest BCUT2D eigenvalue weighted by atomic mass is 10.1. The number of nitrogens with zero attached hydrogens (tertiary/aromatic N) is 1. The predicted molar refractivity (Wildman–Crippen MR) is 63.3 cm³/mol. The van der Waals surface area contributed by atoms with Gasteiger partial charge in [-0.05, 0) is 18.1 Å². The van der Waals surface area contributed by atoms with E-state index >= 15 is 0 Å². The lowest BCUT2D eigenvalue weighted by Crippen LogP contribution is -2.29. The molecule has 0 aliphatic carbocycles. The quantitative estimate of drug-likeness (QED) is 0.807. The molecule has 1 atom stereocenters. The largest absolute Gasteiger partial charge is 0.383 e. The number of sulfonamides is 1. The van der Waals surface area contributed by atoms with Gasteiger partial charge < -0.3 is 5.73 Å². The van der Waals surface area contributed by atoms with E-state index in [2.05, 4.69) is 9.71 Å². The second-order valence-corrected chi connectivity index (χ2v) is 5.49. The molecule has 0 fully saturated rings. The van der Waals surface area contributed by atoms with Gasteiger partial charge >= 0.3 is 0 Å². The Bertz CT molecular complexity index is 445. The zero-order chi connectivity index (χ0) is 12.2. The van der Waals surface area contributed by atoms with Gasteiger partial charge in [0.25, 0.3) is 0 Å². The van der Waals surface area contributed by atoms with Gasteiger partial charge in [-0.25, -0.2) is 18.1 Å². The van der Waals surface area contributed by atoms with Crippen LogP contribution < -0.4 is 10.5 Å². The predicted octanol–water partition coefficient (Wildman–Crippen LogP) is 0.988. The van der Waals surface area contributed by atoms with E-state index in [9.17, 15) is 8.42 Å². The highest BCUT2D eigenvalue weighted by Gasteiger charge is 2.17. The summed E-state index contributed by atoms with van der Waals surface area (Å²) >= 11 is 0. The molecule has 0 radical (unpaired) electrons. The number of aromatic nitrogens is 1. The van der Waals surface area contributed by atoms with Gasteiger partial charge in [0.2, 0.25) is 10.0 Å². The lowest BCUT2D eigenvalue weighted by molar-refractivity contribution is 0.528. The van der Waals surface area contributed by atoms with E-state index in [4.69, 9.17) is 5.73 Å². The molecule has 1 heterocycles. The minimum absolute atomic E-state index is 0.0270. The molecule has 5 nitrogen and oxygen atoms in total. The lowest BCUT2D eigenvalue weighted by Gasteiger charge is -2.11. The van der Waals surface area contributed by atoms with Crippen LogP contribution in [0.1, 0.15) is 20.3 Å². The SMILES string of the molecule is CCC(C)CNS(=O)(=O)c1cccnc1N. The molecule has 0 bridgehead atoms. The van der Waals surface area contributed by atoms with Crippen molar-refractivity contribution in [2.45, 2.75) is 25.2 Å². The average Bonchev–Trinajstić information content (AvgIpc) is 2.26. The van der Waals surface area contributed by atoms with Crippen molar-refractivity contribution in [3.05, 3.63) is 18.3 Å². The van der Waals surface area contributed by atoms with Crippen molar-refractivity contribution in [3.8, 4) is 0 Å². The van der Waals surface area contributed by atoms with Crippen LogP contribution >= 0.6 is 0 Å². The molecule has 0 aliphatic rings. The van der Waals surface area contributed by atoms with Crippen LogP contribution in [0.3, 0.4) is 0 Å². The Morgan fingerprint density at radius 3 is 2.81 bits per heavy atom. The van der Waals surface area contributed by atoms with E-state index < -0.39 is 10.0 Å². The molecule has 1 unspecified atom stereocenters. The van der Waals surface area contributed by atoms with Crippen LogP contribution in [0.2, 0.25) is 0 Å². The maximum Gasteiger partial charge on any atom is 0.244 e. The average molecular weight is 243 g/mol. The molecule has 0 spiro atoms. The van der Waals surface area contributed by atoms with Crippen LogP contribution in [0.4, 0.5) is 5.82 Å². The summed E-state index contributed by atoms with van der Waals surface area (Å²) in [7, 11) is -3.53. The molecule has 1 aromatic heterocycles. The van der Waals surface area contributed by atoms with Crippen LogP contribution in [-0.2, 0) is 10.0 Å². The molecular formula is C10H17N3O2S. The van der Waals surface area contributed by atoms with Gasteiger partial charge in [-0.3, -0.25) is 0 Å². The topological polar surface area (TPSA) is 85.1 Å². The van der Waals surface area contributed by atoms with Crippen molar-refractivity contribution in [2.75, 3.05) is 12.3 Å². The first kappa shape index (κ1) is 12.9. The van der Waals surface area contributed by atoms with E-state index in [1.54, 1.807) is 6.07 Å². The third-order valence-corrected chi connectivity index (χ3v) is 3.88. The molecule has 6 heteroatoms. The van der Waals surface area contributed by atoms with E-state index in [0.29, 0.717) is 12.5 Å². The van der Waals surface area contributed by atoms with Gasteiger partial charge in [0.05, 0.1) is 0 Å². The molecule has 0 saturated heterocycles. The van der Waals surface area contributed by atoms with E-state index in [1.165, 1.54) is 12.3 Å². The van der Waals surface area contributed by atoms with Crippen LogP contribution in [0.15, 0.2) is 23.2 Å². The number of hydrogen-bond acceptors (Lipinski definition) is 4. The molecule has 3 N–H and O–H groups in total. The summed E-state index contributed by atoms with van der Waals surface area (Å²) in [6, 6.07) is 3.00. The fraction of sp³-hybridized carbons (Fsp3) is 0.500. The van der Waals surface area contributed by atoms with Crippen LogP contribution in [-0.4, -0.2) is 19.9 Å². The first-order valence-electron chi connectivity index (χ1n) is 5.17. The number of nitrogens with two attached hydrogens (primary N) is 1. The second-order valence-electron chi connectivity index (χ2n) is 3.75. The van der Waals surface area contributed by atoms with Crippen LogP contribution in [0.25, 0.3) is 0 Å². The summed E-state index contributed by atoms with van der Waals surface area (Å²) in [6.07, 6.45) is 2.38. The molecule has 0 aliphatic heterocycles. The van der Waals surface area contributed by atoms with Gasteiger partial charge in [0.1, 0.15) is 10.7 Å². The third kappa shape index (κ3) is 3.18. The Kier molecular flexibility index (Phi) is 4.26. The van der Waals surface area contributed by atoms with Gasteiger partial charge in [0, 0.05) is 12.7 Å². The fourth-order valence-corrected chi connectivity index (χ4v) is 2.35. The van der Waals surface area contributed by atoms with Crippen molar-refractivity contribution < 1.29 is 8.42 Å². The van der Waals surface area contributed by atoms with Crippen molar-refractivity contribution in [1.82, 2.24) is 9.71 Å². The Morgan fingerprint density at radius 2 is 2.25 bits per heavy atom. The third-order valence-electron chi connectivity index (χ3n) is 2.41. The van der Waals surface area contributed by atoms with Crippen LogP contribution in [0.5, 0.6) is 0 Å². The Balaban J connectivity index is 2.83. The normalized spacial score (nSPS) is 13.6. The number of anilines is 1. The zero-order valence-corrected chi connectivity index (χ0v) is 10.3. The Hall–Kier alpha value is -1.14. The second kappa shape index (κ2) is 5.27. The number of rotatable bonds is 5. The van der Waals surface area contributed by atoms with E-state index in [-0.39, 0.29) is 10.7 Å². The van der Waals surface area contributed by atoms with Crippen molar-refractivity contribution in [3.63, 3.8) is 0 Å². The van der Waals surface area contributed by atoms with Crippen molar-refractivity contribution in [1.29, 1.82) is 0 Å². The summed E-state index contributed by atoms with van der Waals surface area (Å²) in [5.74, 6) is 0.326. The first-order valence-corrected chi connectivity index (χ1v) is 6.66. The fourth-order valence-electron chi connectivity index (χ4n) is 1.10. The minimum Gasteiger partial charge on any atom is -0.383 e. The Labute approximate surface area is 96.1 Å². The molecule has 1 aromatic rings. The van der Waals surface area contributed by atoms with Gasteiger partial charge in [-0.1, -0.05) is 20.3 Å². The summed E-state index contributed by atoms with van der Waals surface area (Å²) in [5, 5.41) is 0. The molecule has 0 amide bonds. The van der Waals surface area contributed by atoms with E-state index in [1.807, 2.05) is 13.8 Å². The van der Waals surface area contributed by atoms with E-state index in [0.717, 1.165) is 6.42 Å². The number of pyridine rings is 1. The number of hydrogen-bond donors (Lipinski definition) is 2. The van der Waals surface area contributed by atoms with Crippen molar-refractivity contribution >= 4 is 15.8 Å². The number of nitrogen functional groups attached to an aromatic ring is 1. The molecule has 16 heavy (non-hydrogen) atoms. The van der Waals surface area contributed by atoms with Gasteiger partial charge in [-0.15, -0.1) is 0 Å². The molecule has 0 saturated carbocycles. The maximum atomic E-state index is 11.8. The smallest absolute Gasteiger partial charge is 0.244 e. The van der Waals surface area contributed by atoms with Crippen LogP contribution in [0, 0.1) is 5.92 Å². The summed E-state index contributed by atoms with van der Waals surface area (Å²) in [5.41, 5.74) is 5.52. The highest BCUT2D eigenvalue weighted by atomic mass is 32.2. The Morgan fingerprint density at radius 1 is 1.56 bits per heavy atom. The van der Waals surface area contributed by atoms with Crippen molar-refractivity contribution in [2.24, 2.45) is 5.92 Å². The zero-order valence-electron chi connectivity index (χ0n) is 9.47. The maximum absolute atomic E-state index is 11.8. The molecule has 90 valence electrons. The highest BCUT2D eigenvalue weighted by Crippen LogP contribution is 2.14. The summed E-state index contributed by atoms with van der Waals surface area (Å²) < 4.78 is 26.2. The molecular weight excluding hydrogens is 226 g/mol. The van der Waals surface area contributed by atoms with Gasteiger partial charge in [-0.2, -0.15) is 0 Å². The standard InChI is InChI=1S/C10H17N3O2S/c1-3-8(2)7-13-16(14,15)9-5-4-6-12-10(9)11/h4-6,8,13H,3,7H2,1-2H3,(H2,11,12). The van der Waals surface area contributed by atoms with Gasteiger partial charge in [0.15, 0.2) is 0 Å². The number of nitrogens with one attached hydrogen (secondary N) is 1. The monoisotopic (exact) mass is 243 g/mol. The molecule has 0 aromatic carbocycles. The minimum atomic E-state index is -3.53. The first-order chi connectivity index (χ1) is 7.47. The molecule has 1 rings (SSSR count).